The summed E-state index contributed by atoms with van der Waals surface area (Å²) in [5.74, 6) is -0.0646. The van der Waals surface area contributed by atoms with Crippen LogP contribution in [0.4, 0.5) is 0 Å². The van der Waals surface area contributed by atoms with E-state index in [0.717, 1.165) is 10.9 Å². The van der Waals surface area contributed by atoms with E-state index in [1.807, 2.05) is 18.2 Å². The number of fused-ring (bicyclic) bond motifs is 1. The number of carbonyl (C=O) groups excluding carboxylic acids is 1. The lowest BCUT2D eigenvalue weighted by Crippen LogP contribution is -2.22. The zero-order valence-electron chi connectivity index (χ0n) is 11.4. The minimum atomic E-state index is -0.0646. The first-order chi connectivity index (χ1) is 9.63. The highest BCUT2D eigenvalue weighted by atomic mass is 32.1. The molecule has 0 fully saturated rings. The SMILES string of the molecule is Cc1cc(CNC(=O)c2ccc3cn[nH]c3c2)sc1C. The highest BCUT2D eigenvalue weighted by Gasteiger charge is 2.08. The lowest BCUT2D eigenvalue weighted by molar-refractivity contribution is 0.0951. The van der Waals surface area contributed by atoms with E-state index in [2.05, 4.69) is 35.4 Å². The molecule has 5 heteroatoms. The molecule has 3 rings (SSSR count). The number of nitrogens with one attached hydrogen (secondary N) is 2. The van der Waals surface area contributed by atoms with Crippen molar-refractivity contribution >= 4 is 28.1 Å². The first kappa shape index (κ1) is 12.9. The normalized spacial score (nSPS) is 10.9. The topological polar surface area (TPSA) is 57.8 Å². The van der Waals surface area contributed by atoms with Crippen LogP contribution in [0.1, 0.15) is 25.7 Å². The van der Waals surface area contributed by atoms with Crippen LogP contribution in [-0.4, -0.2) is 16.1 Å². The largest absolute Gasteiger partial charge is 0.347 e. The highest BCUT2D eigenvalue weighted by molar-refractivity contribution is 7.12. The number of aromatic nitrogens is 2. The summed E-state index contributed by atoms with van der Waals surface area (Å²) in [7, 11) is 0. The second kappa shape index (κ2) is 5.09. The molecule has 0 unspecified atom stereocenters. The summed E-state index contributed by atoms with van der Waals surface area (Å²) < 4.78 is 0. The third-order valence-electron chi connectivity index (χ3n) is 3.34. The fraction of sp³-hybridized carbons (Fsp3) is 0.200. The Morgan fingerprint density at radius 1 is 1.35 bits per heavy atom. The van der Waals surface area contributed by atoms with Crippen LogP contribution in [0, 0.1) is 13.8 Å². The summed E-state index contributed by atoms with van der Waals surface area (Å²) in [4.78, 5) is 14.6. The van der Waals surface area contributed by atoms with E-state index in [1.165, 1.54) is 15.3 Å². The molecule has 2 aromatic heterocycles. The Kier molecular flexibility index (Phi) is 3.28. The van der Waals surface area contributed by atoms with Gasteiger partial charge in [-0.1, -0.05) is 6.07 Å². The van der Waals surface area contributed by atoms with Crippen molar-refractivity contribution in [3.05, 3.63) is 51.3 Å². The molecule has 4 nitrogen and oxygen atoms in total. The van der Waals surface area contributed by atoms with E-state index in [1.54, 1.807) is 17.5 Å². The number of hydrogen-bond acceptors (Lipinski definition) is 3. The first-order valence-electron chi connectivity index (χ1n) is 6.41. The van der Waals surface area contributed by atoms with E-state index in [9.17, 15) is 4.79 Å². The molecule has 3 aromatic rings. The molecule has 0 saturated heterocycles. The van der Waals surface area contributed by atoms with Crippen LogP contribution in [0.3, 0.4) is 0 Å². The van der Waals surface area contributed by atoms with E-state index in [0.29, 0.717) is 12.1 Å². The predicted octanol–water partition coefficient (Wildman–Crippen LogP) is 3.17. The van der Waals surface area contributed by atoms with Gasteiger partial charge in [0.25, 0.3) is 5.91 Å². The predicted molar refractivity (Wildman–Crippen MR) is 81.1 cm³/mol. The Morgan fingerprint density at radius 3 is 2.95 bits per heavy atom. The summed E-state index contributed by atoms with van der Waals surface area (Å²) in [6, 6.07) is 7.66. The smallest absolute Gasteiger partial charge is 0.251 e. The van der Waals surface area contributed by atoms with Gasteiger partial charge in [-0.25, -0.2) is 0 Å². The van der Waals surface area contributed by atoms with Crippen molar-refractivity contribution in [2.45, 2.75) is 20.4 Å². The minimum absolute atomic E-state index is 0.0646. The van der Waals surface area contributed by atoms with Gasteiger partial charge >= 0.3 is 0 Å². The van der Waals surface area contributed by atoms with Crippen LogP contribution < -0.4 is 5.32 Å². The monoisotopic (exact) mass is 285 g/mol. The van der Waals surface area contributed by atoms with Gasteiger partial charge in [-0.2, -0.15) is 5.10 Å². The molecule has 0 saturated carbocycles. The quantitative estimate of drug-likeness (QED) is 0.776. The van der Waals surface area contributed by atoms with Gasteiger partial charge in [-0.15, -0.1) is 11.3 Å². The van der Waals surface area contributed by atoms with E-state index in [4.69, 9.17) is 0 Å². The number of H-pyrrole nitrogens is 1. The summed E-state index contributed by atoms with van der Waals surface area (Å²) in [6.07, 6.45) is 1.74. The molecule has 1 aromatic carbocycles. The van der Waals surface area contributed by atoms with Crippen LogP contribution in [0.25, 0.3) is 10.9 Å². The van der Waals surface area contributed by atoms with Crippen molar-refractivity contribution in [2.24, 2.45) is 0 Å². The number of carbonyl (C=O) groups is 1. The van der Waals surface area contributed by atoms with Crippen LogP contribution in [-0.2, 0) is 6.54 Å². The Hall–Kier alpha value is -2.14. The van der Waals surface area contributed by atoms with Crippen LogP contribution in [0.2, 0.25) is 0 Å². The Morgan fingerprint density at radius 2 is 2.20 bits per heavy atom. The molecule has 1 amide bonds. The summed E-state index contributed by atoms with van der Waals surface area (Å²) in [6.45, 7) is 4.75. The molecule has 0 spiro atoms. The van der Waals surface area contributed by atoms with E-state index in [-0.39, 0.29) is 5.91 Å². The minimum Gasteiger partial charge on any atom is -0.347 e. The molecule has 2 heterocycles. The number of benzene rings is 1. The van der Waals surface area contributed by atoms with Crippen LogP contribution >= 0.6 is 11.3 Å². The zero-order valence-corrected chi connectivity index (χ0v) is 12.2. The average Bonchev–Trinajstić information content (AvgIpc) is 3.02. The third-order valence-corrected chi connectivity index (χ3v) is 4.50. The highest BCUT2D eigenvalue weighted by Crippen LogP contribution is 2.20. The molecule has 2 N–H and O–H groups in total. The van der Waals surface area contributed by atoms with Crippen molar-refractivity contribution in [1.82, 2.24) is 15.5 Å². The van der Waals surface area contributed by atoms with Crippen molar-refractivity contribution < 1.29 is 4.79 Å². The Labute approximate surface area is 120 Å². The van der Waals surface area contributed by atoms with E-state index < -0.39 is 0 Å². The maximum Gasteiger partial charge on any atom is 0.251 e. The van der Waals surface area contributed by atoms with Crippen molar-refractivity contribution in [1.29, 1.82) is 0 Å². The van der Waals surface area contributed by atoms with Crippen molar-refractivity contribution in [3.8, 4) is 0 Å². The number of aromatic amines is 1. The molecular formula is C15H15N3OS. The lowest BCUT2D eigenvalue weighted by Gasteiger charge is -2.03. The average molecular weight is 285 g/mol. The van der Waals surface area contributed by atoms with Crippen molar-refractivity contribution in [3.63, 3.8) is 0 Å². The van der Waals surface area contributed by atoms with Gasteiger partial charge in [0.2, 0.25) is 0 Å². The molecule has 102 valence electrons. The van der Waals surface area contributed by atoms with Crippen LogP contribution in [0.5, 0.6) is 0 Å². The maximum atomic E-state index is 12.1. The number of thiophene rings is 1. The Bertz CT molecular complexity index is 753. The second-order valence-corrected chi connectivity index (χ2v) is 6.15. The summed E-state index contributed by atoms with van der Waals surface area (Å²) in [5.41, 5.74) is 2.80. The standard InChI is InChI=1S/C15H15N3OS/c1-9-5-13(20-10(9)2)8-16-15(19)11-3-4-12-7-17-18-14(12)6-11/h3-7H,8H2,1-2H3,(H,16,19)(H,17,18). The van der Waals surface area contributed by atoms with Gasteiger partial charge in [-0.05, 0) is 37.6 Å². The number of rotatable bonds is 3. The number of nitrogens with zero attached hydrogens (tertiary/aromatic N) is 1. The summed E-state index contributed by atoms with van der Waals surface area (Å²) >= 11 is 1.72. The number of amides is 1. The fourth-order valence-electron chi connectivity index (χ4n) is 2.08. The lowest BCUT2D eigenvalue weighted by atomic mass is 10.1. The van der Waals surface area contributed by atoms with Gasteiger partial charge in [0.1, 0.15) is 0 Å². The van der Waals surface area contributed by atoms with E-state index >= 15 is 0 Å². The first-order valence-corrected chi connectivity index (χ1v) is 7.22. The number of aryl methyl sites for hydroxylation is 2. The molecule has 0 atom stereocenters. The molecular weight excluding hydrogens is 270 g/mol. The molecule has 0 aliphatic heterocycles. The van der Waals surface area contributed by atoms with Crippen molar-refractivity contribution in [2.75, 3.05) is 0 Å². The van der Waals surface area contributed by atoms with Gasteiger partial charge in [0.05, 0.1) is 18.3 Å². The van der Waals surface area contributed by atoms with Crippen LogP contribution in [0.15, 0.2) is 30.5 Å². The summed E-state index contributed by atoms with van der Waals surface area (Å²) in [5, 5.41) is 10.8. The molecule has 20 heavy (non-hydrogen) atoms. The second-order valence-electron chi connectivity index (χ2n) is 4.81. The molecule has 0 aliphatic rings. The fourth-order valence-corrected chi connectivity index (χ4v) is 3.08. The molecule has 0 aliphatic carbocycles. The van der Waals surface area contributed by atoms with Gasteiger partial charge < -0.3 is 5.32 Å². The van der Waals surface area contributed by atoms with Gasteiger partial charge in [0.15, 0.2) is 0 Å². The van der Waals surface area contributed by atoms with Gasteiger partial charge in [-0.3, -0.25) is 9.89 Å². The van der Waals surface area contributed by atoms with Gasteiger partial charge in [0, 0.05) is 20.7 Å². The number of hydrogen-bond donors (Lipinski definition) is 2. The zero-order chi connectivity index (χ0) is 14.1. The molecule has 0 radical (unpaired) electrons. The molecule has 0 bridgehead atoms. The third kappa shape index (κ3) is 2.44. The maximum absolute atomic E-state index is 12.1. The Balaban J connectivity index is 1.72.